The van der Waals surface area contributed by atoms with Gasteiger partial charge in [-0.1, -0.05) is 13.8 Å². The third-order valence-electron chi connectivity index (χ3n) is 4.15. The molecule has 1 aliphatic rings. The van der Waals surface area contributed by atoms with E-state index in [9.17, 15) is 8.42 Å². The fourth-order valence-electron chi connectivity index (χ4n) is 2.88. The highest BCUT2D eigenvalue weighted by Gasteiger charge is 2.36. The van der Waals surface area contributed by atoms with E-state index < -0.39 is 10.0 Å². The molecule has 2 rings (SSSR count). The van der Waals surface area contributed by atoms with Crippen LogP contribution in [0.25, 0.3) is 0 Å². The molecule has 0 bridgehead atoms. The lowest BCUT2D eigenvalue weighted by atomic mass is 10.2. The summed E-state index contributed by atoms with van der Waals surface area (Å²) < 4.78 is 28.5. The van der Waals surface area contributed by atoms with Crippen molar-refractivity contribution in [2.45, 2.75) is 44.7 Å². The van der Waals surface area contributed by atoms with E-state index in [1.165, 1.54) is 10.5 Å². The fourth-order valence-corrected chi connectivity index (χ4v) is 4.44. The summed E-state index contributed by atoms with van der Waals surface area (Å²) in [5.41, 5.74) is 5.77. The van der Waals surface area contributed by atoms with Crippen molar-refractivity contribution < 1.29 is 8.42 Å². The first-order valence-corrected chi connectivity index (χ1v) is 8.95. The number of rotatable bonds is 6. The van der Waals surface area contributed by atoms with Crippen molar-refractivity contribution in [2.24, 2.45) is 0 Å². The van der Waals surface area contributed by atoms with Gasteiger partial charge in [0.25, 0.3) is 0 Å². The van der Waals surface area contributed by atoms with Gasteiger partial charge in [0.2, 0.25) is 10.0 Å². The van der Waals surface area contributed by atoms with Gasteiger partial charge in [0.1, 0.15) is 4.90 Å². The van der Waals surface area contributed by atoms with Crippen LogP contribution in [0.2, 0.25) is 0 Å². The molecule has 1 saturated heterocycles. The summed E-state index contributed by atoms with van der Waals surface area (Å²) >= 11 is 0. The van der Waals surface area contributed by atoms with E-state index in [2.05, 4.69) is 23.8 Å². The first kappa shape index (κ1) is 16.3. The van der Waals surface area contributed by atoms with Gasteiger partial charge in [0, 0.05) is 31.9 Å². The lowest BCUT2D eigenvalue weighted by Crippen LogP contribution is -2.38. The maximum atomic E-state index is 12.7. The highest BCUT2D eigenvalue weighted by atomic mass is 32.2. The van der Waals surface area contributed by atoms with Gasteiger partial charge in [0.05, 0.1) is 0 Å². The Balaban J connectivity index is 2.19. The topological polar surface area (TPSA) is 84.5 Å². The standard InChI is InChI=1S/C13H25N5O2S/c1-4-16(5-2)11-7-8-18(9-11)21(19,20)12-10-17(6-3)15-13(12)14/h10-11H,4-9H2,1-3H3,(H2,14,15). The van der Waals surface area contributed by atoms with Crippen LogP contribution in [-0.4, -0.2) is 59.6 Å². The highest BCUT2D eigenvalue weighted by Crippen LogP contribution is 2.26. The SMILES string of the molecule is CCN(CC)C1CCN(S(=O)(=O)c2cn(CC)nc2N)C1. The zero-order chi connectivity index (χ0) is 15.6. The molecule has 0 aliphatic carbocycles. The maximum absolute atomic E-state index is 12.7. The molecule has 1 aliphatic heterocycles. The Morgan fingerprint density at radius 3 is 2.57 bits per heavy atom. The molecule has 1 unspecified atom stereocenters. The number of likely N-dealkylation sites (N-methyl/N-ethyl adjacent to an activating group) is 1. The molecule has 1 atom stereocenters. The predicted octanol–water partition coefficient (Wildman–Crippen LogP) is 0.590. The number of nitrogens with zero attached hydrogens (tertiary/aromatic N) is 4. The van der Waals surface area contributed by atoms with E-state index in [1.54, 1.807) is 4.68 Å². The zero-order valence-corrected chi connectivity index (χ0v) is 13.8. The van der Waals surface area contributed by atoms with Crippen LogP contribution in [0.4, 0.5) is 5.82 Å². The lowest BCUT2D eigenvalue weighted by Gasteiger charge is -2.25. The normalized spacial score (nSPS) is 20.5. The van der Waals surface area contributed by atoms with Crippen LogP contribution in [0.15, 0.2) is 11.1 Å². The van der Waals surface area contributed by atoms with Crippen LogP contribution in [0, 0.1) is 0 Å². The average Bonchev–Trinajstić information content (AvgIpc) is 3.07. The number of hydrogen-bond acceptors (Lipinski definition) is 5. The van der Waals surface area contributed by atoms with Crippen LogP contribution >= 0.6 is 0 Å². The van der Waals surface area contributed by atoms with Gasteiger partial charge < -0.3 is 5.73 Å². The molecule has 0 spiro atoms. The van der Waals surface area contributed by atoms with Crippen LogP contribution in [0.1, 0.15) is 27.2 Å². The molecule has 0 amide bonds. The van der Waals surface area contributed by atoms with E-state index in [0.717, 1.165) is 19.5 Å². The van der Waals surface area contributed by atoms with E-state index in [-0.39, 0.29) is 16.8 Å². The Kier molecular flexibility index (Phi) is 4.90. The Morgan fingerprint density at radius 2 is 2.05 bits per heavy atom. The first-order valence-electron chi connectivity index (χ1n) is 7.51. The number of sulfonamides is 1. The summed E-state index contributed by atoms with van der Waals surface area (Å²) in [6, 6.07) is 0.289. The van der Waals surface area contributed by atoms with Gasteiger partial charge in [-0.15, -0.1) is 0 Å². The average molecular weight is 315 g/mol. The summed E-state index contributed by atoms with van der Waals surface area (Å²) in [5, 5.41) is 4.03. The van der Waals surface area contributed by atoms with Crippen molar-refractivity contribution in [3.05, 3.63) is 6.20 Å². The molecule has 1 aromatic heterocycles. The molecular weight excluding hydrogens is 290 g/mol. The van der Waals surface area contributed by atoms with Crippen molar-refractivity contribution in [3.8, 4) is 0 Å². The second-order valence-corrected chi connectivity index (χ2v) is 7.17. The lowest BCUT2D eigenvalue weighted by molar-refractivity contribution is 0.224. The molecule has 2 heterocycles. The molecule has 0 saturated carbocycles. The number of nitrogens with two attached hydrogens (primary N) is 1. The number of nitrogen functional groups attached to an aromatic ring is 1. The minimum atomic E-state index is -3.54. The summed E-state index contributed by atoms with van der Waals surface area (Å²) in [6.07, 6.45) is 2.39. The first-order chi connectivity index (χ1) is 9.93. The van der Waals surface area contributed by atoms with Crippen LogP contribution in [0.3, 0.4) is 0 Å². The van der Waals surface area contributed by atoms with Crippen LogP contribution in [0.5, 0.6) is 0 Å². The number of aryl methyl sites for hydroxylation is 1. The minimum absolute atomic E-state index is 0.0862. The maximum Gasteiger partial charge on any atom is 0.248 e. The summed E-state index contributed by atoms with van der Waals surface area (Å²) in [5.74, 6) is 0.0862. The third-order valence-corrected chi connectivity index (χ3v) is 6.03. The van der Waals surface area contributed by atoms with Gasteiger partial charge in [0.15, 0.2) is 5.82 Å². The fraction of sp³-hybridized carbons (Fsp3) is 0.769. The van der Waals surface area contributed by atoms with Crippen LogP contribution in [-0.2, 0) is 16.6 Å². The van der Waals surface area contributed by atoms with Gasteiger partial charge in [-0.2, -0.15) is 9.40 Å². The molecule has 7 nitrogen and oxygen atoms in total. The van der Waals surface area contributed by atoms with Crippen molar-refractivity contribution in [3.63, 3.8) is 0 Å². The molecule has 21 heavy (non-hydrogen) atoms. The summed E-state index contributed by atoms with van der Waals surface area (Å²) in [4.78, 5) is 2.43. The molecule has 120 valence electrons. The van der Waals surface area contributed by atoms with Gasteiger partial charge in [-0.3, -0.25) is 9.58 Å². The second-order valence-electron chi connectivity index (χ2n) is 5.26. The van der Waals surface area contributed by atoms with Gasteiger partial charge in [-0.05, 0) is 26.4 Å². The summed E-state index contributed by atoms with van der Waals surface area (Å²) in [7, 11) is -3.54. The van der Waals surface area contributed by atoms with Crippen molar-refractivity contribution in [1.29, 1.82) is 0 Å². The number of anilines is 1. The molecule has 1 aromatic rings. The highest BCUT2D eigenvalue weighted by molar-refractivity contribution is 7.89. The molecule has 8 heteroatoms. The number of hydrogen-bond donors (Lipinski definition) is 1. The predicted molar refractivity (Wildman–Crippen MR) is 82.4 cm³/mol. The molecule has 1 fully saturated rings. The Bertz CT molecular complexity index is 579. The Labute approximate surface area is 126 Å². The molecular formula is C13H25N5O2S. The Hall–Kier alpha value is -1.12. The monoisotopic (exact) mass is 315 g/mol. The van der Waals surface area contributed by atoms with E-state index in [1.807, 2.05) is 6.92 Å². The summed E-state index contributed by atoms with van der Waals surface area (Å²) in [6.45, 7) is 9.64. The minimum Gasteiger partial charge on any atom is -0.381 e. The van der Waals surface area contributed by atoms with Gasteiger partial charge >= 0.3 is 0 Å². The molecule has 2 N–H and O–H groups in total. The van der Waals surface area contributed by atoms with Crippen LogP contribution < -0.4 is 5.73 Å². The molecule has 0 aromatic carbocycles. The van der Waals surface area contributed by atoms with Gasteiger partial charge in [-0.25, -0.2) is 8.42 Å². The molecule has 0 radical (unpaired) electrons. The second kappa shape index (κ2) is 6.33. The van der Waals surface area contributed by atoms with Crippen molar-refractivity contribution in [1.82, 2.24) is 19.0 Å². The number of aromatic nitrogens is 2. The van der Waals surface area contributed by atoms with Crippen molar-refractivity contribution in [2.75, 3.05) is 31.9 Å². The largest absolute Gasteiger partial charge is 0.381 e. The third kappa shape index (κ3) is 3.07. The van der Waals surface area contributed by atoms with E-state index in [4.69, 9.17) is 5.73 Å². The van der Waals surface area contributed by atoms with E-state index >= 15 is 0 Å². The smallest absolute Gasteiger partial charge is 0.248 e. The quantitative estimate of drug-likeness (QED) is 0.830. The zero-order valence-electron chi connectivity index (χ0n) is 13.0. The Morgan fingerprint density at radius 1 is 1.38 bits per heavy atom. The van der Waals surface area contributed by atoms with E-state index in [0.29, 0.717) is 19.6 Å². The van der Waals surface area contributed by atoms with Crippen molar-refractivity contribution >= 4 is 15.8 Å².